The summed E-state index contributed by atoms with van der Waals surface area (Å²) in [5.74, 6) is -0.0608. The van der Waals surface area contributed by atoms with Crippen LogP contribution >= 0.6 is 0 Å². The van der Waals surface area contributed by atoms with Crippen LogP contribution in [0, 0.1) is 5.82 Å². The van der Waals surface area contributed by atoms with Gasteiger partial charge in [-0.2, -0.15) is 4.98 Å². The van der Waals surface area contributed by atoms with E-state index in [2.05, 4.69) is 15.6 Å². The molecule has 13 heteroatoms. The first-order valence-corrected chi connectivity index (χ1v) is 13.7. The van der Waals surface area contributed by atoms with Crippen LogP contribution in [0.3, 0.4) is 0 Å². The summed E-state index contributed by atoms with van der Waals surface area (Å²) >= 11 is 0. The molecule has 2 fully saturated rings. The van der Waals surface area contributed by atoms with E-state index in [9.17, 15) is 9.59 Å². The van der Waals surface area contributed by atoms with Gasteiger partial charge < -0.3 is 29.2 Å². The highest BCUT2D eigenvalue weighted by molar-refractivity contribution is 6.03. The fraction of sp³-hybridized carbons (Fsp3) is 0.464. The van der Waals surface area contributed by atoms with E-state index in [0.29, 0.717) is 43.5 Å². The molecule has 5 heterocycles. The number of anilines is 3. The maximum absolute atomic E-state index is 15.4. The molecule has 3 aliphatic heterocycles. The molecule has 216 valence electrons. The zero-order chi connectivity index (χ0) is 28.9. The Morgan fingerprint density at radius 1 is 1.17 bits per heavy atom. The summed E-state index contributed by atoms with van der Waals surface area (Å²) < 4.78 is 29.4. The van der Waals surface area contributed by atoms with Gasteiger partial charge in [0.05, 0.1) is 36.5 Å². The minimum atomic E-state index is -0.705. The Morgan fingerprint density at radius 3 is 2.59 bits per heavy atom. The molecule has 3 amide bonds. The highest BCUT2D eigenvalue weighted by atomic mass is 19.1. The molecule has 2 saturated heterocycles. The number of carbonyl (C=O) groups excluding carboxylic acids is 2. The van der Waals surface area contributed by atoms with Crippen molar-refractivity contribution < 1.29 is 23.5 Å². The molecular weight excluding hydrogens is 531 g/mol. The van der Waals surface area contributed by atoms with Gasteiger partial charge in [-0.1, -0.05) is 6.07 Å². The van der Waals surface area contributed by atoms with Crippen molar-refractivity contribution in [2.45, 2.75) is 51.4 Å². The second kappa shape index (κ2) is 10.3. The predicted octanol–water partition coefficient (Wildman–Crippen LogP) is 3.66. The van der Waals surface area contributed by atoms with Crippen LogP contribution < -0.4 is 20.3 Å². The number of amides is 3. The molecule has 12 nitrogen and oxygen atoms in total. The SMILES string of the molecule is CCN1CC(C)(C)Oc2nc(N3CC4CCC(C3)O4)nc(-c3ccc(NC(=O)Nc4cn(C)cn4)c(F)c3)c2C1=O. The molecule has 0 radical (unpaired) electrons. The lowest BCUT2D eigenvalue weighted by atomic mass is 10.0. The number of aromatic nitrogens is 4. The van der Waals surface area contributed by atoms with Gasteiger partial charge in [-0.15, -0.1) is 0 Å². The van der Waals surface area contributed by atoms with E-state index in [-0.39, 0.29) is 40.9 Å². The van der Waals surface area contributed by atoms with Crippen LogP contribution in [0.15, 0.2) is 30.7 Å². The van der Waals surface area contributed by atoms with Gasteiger partial charge in [-0.05, 0) is 45.7 Å². The van der Waals surface area contributed by atoms with Crippen LogP contribution in [-0.4, -0.2) is 80.3 Å². The predicted molar refractivity (Wildman–Crippen MR) is 150 cm³/mol. The Morgan fingerprint density at radius 2 is 1.93 bits per heavy atom. The lowest BCUT2D eigenvalue weighted by Crippen LogP contribution is -2.43. The van der Waals surface area contributed by atoms with Crippen molar-refractivity contribution in [2.24, 2.45) is 7.05 Å². The van der Waals surface area contributed by atoms with Crippen LogP contribution in [0.5, 0.6) is 5.88 Å². The van der Waals surface area contributed by atoms with Crippen molar-refractivity contribution in [2.75, 3.05) is 41.7 Å². The number of aryl methyl sites for hydroxylation is 1. The fourth-order valence-electron chi connectivity index (χ4n) is 5.57. The lowest BCUT2D eigenvalue weighted by Gasteiger charge is -2.33. The number of carbonyl (C=O) groups is 2. The molecule has 2 aromatic heterocycles. The Hall–Kier alpha value is -4.26. The van der Waals surface area contributed by atoms with E-state index < -0.39 is 17.4 Å². The third-order valence-electron chi connectivity index (χ3n) is 7.46. The molecular formula is C28H33FN8O4. The van der Waals surface area contributed by atoms with Crippen LogP contribution in [-0.2, 0) is 11.8 Å². The Kier molecular flexibility index (Phi) is 6.76. The van der Waals surface area contributed by atoms with Crippen molar-refractivity contribution >= 4 is 29.4 Å². The van der Waals surface area contributed by atoms with Crippen molar-refractivity contribution in [3.63, 3.8) is 0 Å². The van der Waals surface area contributed by atoms with Crippen molar-refractivity contribution in [1.29, 1.82) is 0 Å². The van der Waals surface area contributed by atoms with Gasteiger partial charge in [0.1, 0.15) is 17.0 Å². The molecule has 3 aliphatic rings. The topological polar surface area (TPSA) is 127 Å². The quantitative estimate of drug-likeness (QED) is 0.481. The second-order valence-corrected chi connectivity index (χ2v) is 11.3. The molecule has 0 saturated carbocycles. The number of halogens is 1. The summed E-state index contributed by atoms with van der Waals surface area (Å²) in [6.07, 6.45) is 5.29. The number of hydrogen-bond donors (Lipinski definition) is 2. The Bertz CT molecular complexity index is 1500. The van der Waals surface area contributed by atoms with E-state index in [4.69, 9.17) is 19.4 Å². The minimum absolute atomic E-state index is 0.0359. The maximum atomic E-state index is 15.4. The average molecular weight is 565 g/mol. The number of morpholine rings is 1. The van der Waals surface area contributed by atoms with E-state index >= 15 is 4.39 Å². The third kappa shape index (κ3) is 5.41. The summed E-state index contributed by atoms with van der Waals surface area (Å²) in [4.78, 5) is 43.6. The number of urea groups is 1. The van der Waals surface area contributed by atoms with Gasteiger partial charge in [0.2, 0.25) is 11.8 Å². The first-order valence-electron chi connectivity index (χ1n) is 13.7. The number of rotatable bonds is 5. The number of nitrogens with zero attached hydrogens (tertiary/aromatic N) is 6. The highest BCUT2D eigenvalue weighted by Gasteiger charge is 2.39. The van der Waals surface area contributed by atoms with E-state index in [1.54, 1.807) is 28.8 Å². The van der Waals surface area contributed by atoms with Crippen LogP contribution in [0.1, 0.15) is 44.0 Å². The number of nitrogens with one attached hydrogen (secondary N) is 2. The van der Waals surface area contributed by atoms with Crippen LogP contribution in [0.4, 0.5) is 26.6 Å². The third-order valence-corrected chi connectivity index (χ3v) is 7.46. The molecule has 2 bridgehead atoms. The van der Waals surface area contributed by atoms with Crippen molar-refractivity contribution in [3.05, 3.63) is 42.1 Å². The van der Waals surface area contributed by atoms with Gasteiger partial charge in [0.15, 0.2) is 5.82 Å². The van der Waals surface area contributed by atoms with Gasteiger partial charge >= 0.3 is 6.03 Å². The van der Waals surface area contributed by atoms with Crippen LogP contribution in [0.25, 0.3) is 11.3 Å². The second-order valence-electron chi connectivity index (χ2n) is 11.3. The van der Waals surface area contributed by atoms with E-state index in [1.807, 2.05) is 25.7 Å². The van der Waals surface area contributed by atoms with Gasteiger partial charge in [0, 0.05) is 38.4 Å². The molecule has 1 aromatic carbocycles. The van der Waals surface area contributed by atoms with Gasteiger partial charge in [-0.25, -0.2) is 19.2 Å². The first-order chi connectivity index (χ1) is 19.6. The molecule has 6 rings (SSSR count). The summed E-state index contributed by atoms with van der Waals surface area (Å²) in [5.41, 5.74) is 0.0798. The molecule has 0 aliphatic carbocycles. The highest BCUT2D eigenvalue weighted by Crippen LogP contribution is 2.38. The number of ether oxygens (including phenoxy) is 2. The first kappa shape index (κ1) is 26.9. The summed E-state index contributed by atoms with van der Waals surface area (Å²) in [6.45, 7) is 7.77. The van der Waals surface area contributed by atoms with Crippen molar-refractivity contribution in [1.82, 2.24) is 24.4 Å². The summed E-state index contributed by atoms with van der Waals surface area (Å²) in [5, 5.41) is 5.07. The van der Waals surface area contributed by atoms with Crippen molar-refractivity contribution in [3.8, 4) is 17.1 Å². The Balaban J connectivity index is 1.38. The van der Waals surface area contributed by atoms with Gasteiger partial charge in [-0.3, -0.25) is 10.1 Å². The van der Waals surface area contributed by atoms with Crippen LogP contribution in [0.2, 0.25) is 0 Å². The number of benzene rings is 1. The maximum Gasteiger partial charge on any atom is 0.324 e. The number of imidazole rings is 1. The monoisotopic (exact) mass is 564 g/mol. The van der Waals surface area contributed by atoms with E-state index in [0.717, 1.165) is 12.8 Å². The molecule has 2 atom stereocenters. The average Bonchev–Trinajstić information content (AvgIpc) is 3.46. The normalized spacial score (nSPS) is 21.2. The molecule has 41 heavy (non-hydrogen) atoms. The van der Waals surface area contributed by atoms with E-state index in [1.165, 1.54) is 18.5 Å². The molecule has 2 unspecified atom stereocenters. The standard InChI is InChI=1S/C28H33FN8O4/c1-5-36-14-28(2,3)41-24-22(25(36)38)23(33-26(34-24)37-11-17-7-8-18(12-37)40-17)16-6-9-20(19(29)10-16)31-27(39)32-21-13-35(4)15-30-21/h6,9-10,13,15,17-18H,5,7-8,11-12,14H2,1-4H3,(H2,31,32,39). The largest absolute Gasteiger partial charge is 0.469 e. The summed E-state index contributed by atoms with van der Waals surface area (Å²) in [7, 11) is 1.77. The Labute approximate surface area is 236 Å². The zero-order valence-corrected chi connectivity index (χ0v) is 23.5. The molecule has 0 spiro atoms. The zero-order valence-electron chi connectivity index (χ0n) is 23.5. The summed E-state index contributed by atoms with van der Waals surface area (Å²) in [6, 6.07) is 3.68. The fourth-order valence-corrected chi connectivity index (χ4v) is 5.57. The smallest absolute Gasteiger partial charge is 0.324 e. The number of hydrogen-bond acceptors (Lipinski definition) is 8. The minimum Gasteiger partial charge on any atom is -0.469 e. The van der Waals surface area contributed by atoms with Gasteiger partial charge in [0.25, 0.3) is 5.91 Å². The molecule has 3 aromatic rings. The molecule has 2 N–H and O–H groups in total. The number of fused-ring (bicyclic) bond motifs is 3. The number of likely N-dealkylation sites (N-methyl/N-ethyl adjacent to an activating group) is 1. The lowest BCUT2D eigenvalue weighted by molar-refractivity contribution is 0.0297.